The second-order valence-corrected chi connectivity index (χ2v) is 9.04. The summed E-state index contributed by atoms with van der Waals surface area (Å²) in [4.78, 5) is 36.6. The van der Waals surface area contributed by atoms with Crippen molar-refractivity contribution in [1.29, 1.82) is 0 Å². The Kier molecular flexibility index (Phi) is 6.99. The SMILES string of the molecule is CC(C)(C)OC(=O)[C@H](CC(N)CC(=O)O)C(=O)OCC1c2ccccc2-c2ccccc21. The Morgan fingerprint density at radius 1 is 0.969 bits per heavy atom. The van der Waals surface area contributed by atoms with E-state index in [1.807, 2.05) is 48.5 Å². The van der Waals surface area contributed by atoms with E-state index in [1.165, 1.54) is 0 Å². The molecule has 0 radical (unpaired) electrons. The van der Waals surface area contributed by atoms with Crippen LogP contribution in [0.4, 0.5) is 0 Å². The molecule has 1 aliphatic rings. The highest BCUT2D eigenvalue weighted by molar-refractivity contribution is 5.95. The van der Waals surface area contributed by atoms with E-state index in [-0.39, 0.29) is 25.4 Å². The van der Waals surface area contributed by atoms with E-state index in [0.29, 0.717) is 0 Å². The van der Waals surface area contributed by atoms with Gasteiger partial charge in [0.15, 0.2) is 5.92 Å². The number of carbonyl (C=O) groups excluding carboxylic acids is 2. The van der Waals surface area contributed by atoms with Crippen LogP contribution in [0.25, 0.3) is 11.1 Å². The van der Waals surface area contributed by atoms with Crippen molar-refractivity contribution in [3.05, 3.63) is 59.7 Å². The smallest absolute Gasteiger partial charge is 0.320 e. The van der Waals surface area contributed by atoms with Crippen molar-refractivity contribution in [3.8, 4) is 11.1 Å². The molecule has 7 nitrogen and oxygen atoms in total. The molecule has 1 unspecified atom stereocenters. The minimum absolute atomic E-state index is 0.0559. The summed E-state index contributed by atoms with van der Waals surface area (Å²) in [5, 5.41) is 8.98. The maximum absolute atomic E-state index is 12.9. The van der Waals surface area contributed by atoms with Crippen LogP contribution in [-0.2, 0) is 23.9 Å². The largest absolute Gasteiger partial charge is 0.481 e. The Morgan fingerprint density at radius 3 is 2.00 bits per heavy atom. The molecule has 0 heterocycles. The van der Waals surface area contributed by atoms with E-state index in [2.05, 4.69) is 0 Å². The van der Waals surface area contributed by atoms with Gasteiger partial charge in [-0.3, -0.25) is 14.4 Å². The third-order valence-electron chi connectivity index (χ3n) is 5.31. The average Bonchev–Trinajstić information content (AvgIpc) is 3.02. The molecule has 0 spiro atoms. The van der Waals surface area contributed by atoms with Crippen molar-refractivity contribution in [2.75, 3.05) is 6.61 Å². The Balaban J connectivity index is 1.77. The second kappa shape index (κ2) is 9.53. The fourth-order valence-electron chi connectivity index (χ4n) is 3.98. The minimum atomic E-state index is -1.30. The highest BCUT2D eigenvalue weighted by Gasteiger charge is 2.36. The van der Waals surface area contributed by atoms with Gasteiger partial charge in [-0.25, -0.2) is 0 Å². The molecule has 3 N–H and O–H groups in total. The number of carboxylic acids is 1. The van der Waals surface area contributed by atoms with E-state index < -0.39 is 35.5 Å². The maximum atomic E-state index is 12.9. The molecule has 2 aromatic rings. The van der Waals surface area contributed by atoms with Crippen LogP contribution in [0.2, 0.25) is 0 Å². The van der Waals surface area contributed by atoms with Crippen molar-refractivity contribution >= 4 is 17.9 Å². The van der Waals surface area contributed by atoms with Gasteiger partial charge in [-0.2, -0.15) is 0 Å². The predicted molar refractivity (Wildman–Crippen MR) is 119 cm³/mol. The molecule has 0 saturated carbocycles. The zero-order valence-electron chi connectivity index (χ0n) is 18.5. The van der Waals surface area contributed by atoms with Crippen LogP contribution in [0.15, 0.2) is 48.5 Å². The zero-order chi connectivity index (χ0) is 23.5. The third kappa shape index (κ3) is 5.53. The topological polar surface area (TPSA) is 116 Å². The Morgan fingerprint density at radius 2 is 1.50 bits per heavy atom. The van der Waals surface area contributed by atoms with Crippen molar-refractivity contribution in [2.24, 2.45) is 11.7 Å². The van der Waals surface area contributed by atoms with Gasteiger partial charge in [0.2, 0.25) is 0 Å². The molecule has 0 fully saturated rings. The second-order valence-electron chi connectivity index (χ2n) is 9.04. The first-order chi connectivity index (χ1) is 15.1. The van der Waals surface area contributed by atoms with Gasteiger partial charge in [0.1, 0.15) is 12.2 Å². The van der Waals surface area contributed by atoms with Crippen LogP contribution >= 0.6 is 0 Å². The van der Waals surface area contributed by atoms with Gasteiger partial charge in [-0.1, -0.05) is 48.5 Å². The first-order valence-electron chi connectivity index (χ1n) is 10.6. The van der Waals surface area contributed by atoms with Gasteiger partial charge in [0.05, 0.1) is 6.42 Å². The van der Waals surface area contributed by atoms with Crippen LogP contribution < -0.4 is 5.73 Å². The van der Waals surface area contributed by atoms with Gasteiger partial charge >= 0.3 is 17.9 Å². The number of carbonyl (C=O) groups is 3. The molecule has 0 amide bonds. The van der Waals surface area contributed by atoms with E-state index >= 15 is 0 Å². The van der Waals surface area contributed by atoms with E-state index in [4.69, 9.17) is 20.3 Å². The average molecular weight is 440 g/mol. The molecule has 0 bridgehead atoms. The fraction of sp³-hybridized carbons (Fsp3) is 0.400. The summed E-state index contributed by atoms with van der Waals surface area (Å²) >= 11 is 0. The molecule has 0 aromatic heterocycles. The Labute approximate surface area is 187 Å². The molecule has 0 saturated heterocycles. The first-order valence-corrected chi connectivity index (χ1v) is 10.6. The molecule has 32 heavy (non-hydrogen) atoms. The number of aliphatic carboxylic acids is 1. The standard InChI is InChI=1S/C25H29NO6/c1-25(2,3)32-24(30)20(12-15(26)13-22(27)28)23(29)31-14-21-18-10-6-4-8-16(18)17-9-5-7-11-19(17)21/h4-11,15,20-21H,12-14,26H2,1-3H3,(H,27,28)/t15?,20-/m1/s1. The maximum Gasteiger partial charge on any atom is 0.320 e. The van der Waals surface area contributed by atoms with Gasteiger partial charge < -0.3 is 20.3 Å². The van der Waals surface area contributed by atoms with Crippen LogP contribution in [0.3, 0.4) is 0 Å². The molecule has 2 atom stereocenters. The van der Waals surface area contributed by atoms with Crippen LogP contribution in [-0.4, -0.2) is 41.3 Å². The number of ether oxygens (including phenoxy) is 2. The molecule has 7 heteroatoms. The summed E-state index contributed by atoms with van der Waals surface area (Å²) in [7, 11) is 0. The highest BCUT2D eigenvalue weighted by atomic mass is 16.6. The number of esters is 2. The third-order valence-corrected chi connectivity index (χ3v) is 5.31. The van der Waals surface area contributed by atoms with Gasteiger partial charge in [0.25, 0.3) is 0 Å². The molecular weight excluding hydrogens is 410 g/mol. The predicted octanol–water partition coefficient (Wildman–Crippen LogP) is 3.49. The normalized spacial score (nSPS) is 14.8. The van der Waals surface area contributed by atoms with Crippen molar-refractivity contribution in [3.63, 3.8) is 0 Å². The lowest BCUT2D eigenvalue weighted by Crippen LogP contribution is -2.38. The van der Waals surface area contributed by atoms with Crippen LogP contribution in [0.1, 0.15) is 50.7 Å². The Bertz CT molecular complexity index is 964. The summed E-state index contributed by atoms with van der Waals surface area (Å²) in [6.45, 7) is 5.13. The summed E-state index contributed by atoms with van der Waals surface area (Å²) in [6.07, 6.45) is -0.534. The highest BCUT2D eigenvalue weighted by Crippen LogP contribution is 2.44. The lowest BCUT2D eigenvalue weighted by Gasteiger charge is -2.25. The number of carboxylic acid groups (broad SMARTS) is 1. The summed E-state index contributed by atoms with van der Waals surface area (Å²) < 4.78 is 11.0. The molecule has 170 valence electrons. The monoisotopic (exact) mass is 439 g/mol. The number of hydrogen-bond acceptors (Lipinski definition) is 6. The molecule has 2 aromatic carbocycles. The number of hydrogen-bond donors (Lipinski definition) is 2. The lowest BCUT2D eigenvalue weighted by molar-refractivity contribution is -0.170. The molecule has 0 aliphatic heterocycles. The first kappa shape index (κ1) is 23.5. The van der Waals surface area contributed by atoms with E-state index in [1.54, 1.807) is 20.8 Å². The Hall–Kier alpha value is -3.19. The molecular formula is C25H29NO6. The molecule has 3 rings (SSSR count). The number of fused-ring (bicyclic) bond motifs is 3. The summed E-state index contributed by atoms with van der Waals surface area (Å²) in [6, 6.07) is 15.0. The lowest BCUT2D eigenvalue weighted by atomic mass is 9.96. The fourth-order valence-corrected chi connectivity index (χ4v) is 3.98. The minimum Gasteiger partial charge on any atom is -0.481 e. The number of rotatable bonds is 8. The van der Waals surface area contributed by atoms with Gasteiger partial charge in [0, 0.05) is 12.0 Å². The van der Waals surface area contributed by atoms with Crippen molar-refractivity contribution < 1.29 is 29.0 Å². The summed E-state index contributed by atoms with van der Waals surface area (Å²) in [5.41, 5.74) is 9.35. The van der Waals surface area contributed by atoms with Crippen molar-refractivity contribution in [1.82, 2.24) is 0 Å². The zero-order valence-corrected chi connectivity index (χ0v) is 18.5. The van der Waals surface area contributed by atoms with Crippen LogP contribution in [0, 0.1) is 5.92 Å². The van der Waals surface area contributed by atoms with Gasteiger partial charge in [-0.05, 0) is 49.4 Å². The van der Waals surface area contributed by atoms with Crippen LogP contribution in [0.5, 0.6) is 0 Å². The number of benzene rings is 2. The molecule has 1 aliphatic carbocycles. The van der Waals surface area contributed by atoms with Crippen molar-refractivity contribution in [2.45, 2.75) is 51.2 Å². The van der Waals surface area contributed by atoms with Gasteiger partial charge in [-0.15, -0.1) is 0 Å². The quantitative estimate of drug-likeness (QED) is 0.478. The van der Waals surface area contributed by atoms with E-state index in [0.717, 1.165) is 22.3 Å². The summed E-state index contributed by atoms with van der Waals surface area (Å²) in [5.74, 6) is -4.08. The number of nitrogens with two attached hydrogens (primary N) is 1. The van der Waals surface area contributed by atoms with E-state index in [9.17, 15) is 14.4 Å².